The van der Waals surface area contributed by atoms with Crippen molar-refractivity contribution in [3.05, 3.63) is 51.7 Å². The van der Waals surface area contributed by atoms with E-state index in [4.69, 9.17) is 0 Å². The fourth-order valence-electron chi connectivity index (χ4n) is 2.84. The summed E-state index contributed by atoms with van der Waals surface area (Å²) in [6, 6.07) is 1.35. The van der Waals surface area contributed by atoms with Gasteiger partial charge < -0.3 is 9.80 Å². The standard InChI is InChI=1S/C17H19F2N5O2/c1-10(2)14-13(19)15(25)22-17(21-14)24-7-5-23(6-8-24)16(26)11-3-4-20-9-12(11)18/h3-4,9-10H,5-8H2,1-2H3,(H,21,22,25). The molecule has 3 heterocycles. The number of hydrogen-bond acceptors (Lipinski definition) is 5. The third kappa shape index (κ3) is 3.42. The first-order valence-electron chi connectivity index (χ1n) is 8.32. The van der Waals surface area contributed by atoms with E-state index < -0.39 is 23.1 Å². The molecule has 0 atom stereocenters. The highest BCUT2D eigenvalue weighted by Crippen LogP contribution is 2.18. The van der Waals surface area contributed by atoms with Crippen molar-refractivity contribution in [1.82, 2.24) is 19.9 Å². The average molecular weight is 363 g/mol. The van der Waals surface area contributed by atoms with Gasteiger partial charge in [0.05, 0.1) is 17.5 Å². The lowest BCUT2D eigenvalue weighted by Crippen LogP contribution is -2.49. The molecule has 0 unspecified atom stereocenters. The van der Waals surface area contributed by atoms with E-state index in [0.717, 1.165) is 6.20 Å². The minimum atomic E-state index is -0.870. The van der Waals surface area contributed by atoms with Crippen LogP contribution in [-0.4, -0.2) is 51.9 Å². The molecule has 1 aliphatic heterocycles. The lowest BCUT2D eigenvalue weighted by molar-refractivity contribution is 0.0741. The van der Waals surface area contributed by atoms with E-state index in [1.807, 2.05) is 0 Å². The van der Waals surface area contributed by atoms with Crippen LogP contribution in [0, 0.1) is 11.6 Å². The third-order valence-electron chi connectivity index (χ3n) is 4.29. The second-order valence-electron chi connectivity index (χ2n) is 6.38. The Labute approximate surface area is 148 Å². The normalized spacial score (nSPS) is 14.8. The summed E-state index contributed by atoms with van der Waals surface area (Å²) in [4.78, 5) is 37.8. The smallest absolute Gasteiger partial charge is 0.288 e. The summed E-state index contributed by atoms with van der Waals surface area (Å²) in [7, 11) is 0. The van der Waals surface area contributed by atoms with Gasteiger partial charge in [-0.15, -0.1) is 0 Å². The highest BCUT2D eigenvalue weighted by molar-refractivity contribution is 5.94. The summed E-state index contributed by atoms with van der Waals surface area (Å²) >= 11 is 0. The monoisotopic (exact) mass is 363 g/mol. The summed E-state index contributed by atoms with van der Waals surface area (Å²) in [6.07, 6.45) is 2.37. The molecular weight excluding hydrogens is 344 g/mol. The van der Waals surface area contributed by atoms with E-state index in [9.17, 15) is 18.4 Å². The molecule has 2 aromatic heterocycles. The molecule has 1 saturated heterocycles. The van der Waals surface area contributed by atoms with E-state index in [0.29, 0.717) is 26.2 Å². The number of carbonyl (C=O) groups excluding carboxylic acids is 1. The Morgan fingerprint density at radius 1 is 1.23 bits per heavy atom. The topological polar surface area (TPSA) is 82.2 Å². The first kappa shape index (κ1) is 18.0. The zero-order valence-corrected chi connectivity index (χ0v) is 14.5. The number of piperazine rings is 1. The van der Waals surface area contributed by atoms with Gasteiger partial charge in [0.25, 0.3) is 11.5 Å². The van der Waals surface area contributed by atoms with Crippen LogP contribution in [-0.2, 0) is 0 Å². The molecule has 138 valence electrons. The Balaban J connectivity index is 1.74. The largest absolute Gasteiger partial charge is 0.339 e. The van der Waals surface area contributed by atoms with Crippen molar-refractivity contribution in [3.63, 3.8) is 0 Å². The first-order valence-corrected chi connectivity index (χ1v) is 8.32. The minimum absolute atomic E-state index is 0.0242. The molecule has 0 aliphatic carbocycles. The average Bonchev–Trinajstić information content (AvgIpc) is 2.63. The van der Waals surface area contributed by atoms with Crippen molar-refractivity contribution in [1.29, 1.82) is 0 Å². The van der Waals surface area contributed by atoms with Crippen LogP contribution in [0.1, 0.15) is 35.8 Å². The number of rotatable bonds is 3. The molecule has 2 aromatic rings. The Kier molecular flexibility index (Phi) is 4.97. The van der Waals surface area contributed by atoms with Crippen LogP contribution < -0.4 is 10.5 Å². The molecule has 26 heavy (non-hydrogen) atoms. The second kappa shape index (κ2) is 7.19. The van der Waals surface area contributed by atoms with Gasteiger partial charge in [0.2, 0.25) is 11.8 Å². The number of nitrogens with zero attached hydrogens (tertiary/aromatic N) is 4. The maximum Gasteiger partial charge on any atom is 0.288 e. The molecule has 0 bridgehead atoms. The van der Waals surface area contributed by atoms with Crippen molar-refractivity contribution in [2.75, 3.05) is 31.1 Å². The number of nitrogens with one attached hydrogen (secondary N) is 1. The zero-order chi connectivity index (χ0) is 18.8. The molecule has 3 rings (SSSR count). The van der Waals surface area contributed by atoms with Gasteiger partial charge in [-0.2, -0.15) is 4.39 Å². The number of hydrogen-bond donors (Lipinski definition) is 1. The minimum Gasteiger partial charge on any atom is -0.339 e. The number of carbonyl (C=O) groups is 1. The maximum absolute atomic E-state index is 13.9. The Bertz CT molecular complexity index is 876. The van der Waals surface area contributed by atoms with Gasteiger partial charge in [-0.3, -0.25) is 19.6 Å². The van der Waals surface area contributed by atoms with Gasteiger partial charge in [-0.05, 0) is 12.0 Å². The van der Waals surface area contributed by atoms with Crippen molar-refractivity contribution in [2.24, 2.45) is 0 Å². The Morgan fingerprint density at radius 2 is 1.92 bits per heavy atom. The van der Waals surface area contributed by atoms with Gasteiger partial charge in [0.1, 0.15) is 0 Å². The number of anilines is 1. The van der Waals surface area contributed by atoms with Crippen LogP contribution in [0.4, 0.5) is 14.7 Å². The van der Waals surface area contributed by atoms with Crippen LogP contribution in [0.15, 0.2) is 23.3 Å². The van der Waals surface area contributed by atoms with Gasteiger partial charge in [-0.25, -0.2) is 9.37 Å². The molecule has 9 heteroatoms. The van der Waals surface area contributed by atoms with E-state index in [1.165, 1.54) is 17.2 Å². The second-order valence-corrected chi connectivity index (χ2v) is 6.38. The summed E-state index contributed by atoms with van der Waals surface area (Å²) in [5, 5.41) is 0. The van der Waals surface area contributed by atoms with Crippen molar-refractivity contribution < 1.29 is 13.6 Å². The highest BCUT2D eigenvalue weighted by atomic mass is 19.1. The van der Waals surface area contributed by atoms with Crippen LogP contribution in [0.25, 0.3) is 0 Å². The third-order valence-corrected chi connectivity index (χ3v) is 4.29. The number of halogens is 2. The molecule has 0 aromatic carbocycles. The molecule has 1 fully saturated rings. The number of amides is 1. The fourth-order valence-corrected chi connectivity index (χ4v) is 2.84. The van der Waals surface area contributed by atoms with E-state index in [-0.39, 0.29) is 23.1 Å². The lowest BCUT2D eigenvalue weighted by Gasteiger charge is -2.35. The number of pyridine rings is 1. The lowest BCUT2D eigenvalue weighted by atomic mass is 10.1. The molecule has 1 N–H and O–H groups in total. The maximum atomic E-state index is 13.9. The predicted molar refractivity (Wildman–Crippen MR) is 91.2 cm³/mol. The molecule has 1 amide bonds. The molecule has 0 spiro atoms. The fraction of sp³-hybridized carbons (Fsp3) is 0.412. The quantitative estimate of drug-likeness (QED) is 0.894. The molecule has 7 nitrogen and oxygen atoms in total. The number of aromatic nitrogens is 3. The summed E-state index contributed by atoms with van der Waals surface area (Å²) in [5.41, 5.74) is -0.721. The molecular formula is C17H19F2N5O2. The van der Waals surface area contributed by atoms with Crippen LogP contribution in [0.2, 0.25) is 0 Å². The van der Waals surface area contributed by atoms with Crippen LogP contribution in [0.3, 0.4) is 0 Å². The first-order chi connectivity index (χ1) is 12.4. The Hall–Kier alpha value is -2.84. The van der Waals surface area contributed by atoms with Gasteiger partial charge in [-0.1, -0.05) is 13.8 Å². The summed E-state index contributed by atoms with van der Waals surface area (Å²) in [5.74, 6) is -1.89. The van der Waals surface area contributed by atoms with Gasteiger partial charge >= 0.3 is 0 Å². The molecule has 1 aliphatic rings. The van der Waals surface area contributed by atoms with Crippen LogP contribution in [0.5, 0.6) is 0 Å². The zero-order valence-electron chi connectivity index (χ0n) is 14.5. The van der Waals surface area contributed by atoms with E-state index in [1.54, 1.807) is 18.7 Å². The highest BCUT2D eigenvalue weighted by Gasteiger charge is 2.26. The van der Waals surface area contributed by atoms with Crippen molar-refractivity contribution in [3.8, 4) is 0 Å². The van der Waals surface area contributed by atoms with E-state index in [2.05, 4.69) is 15.0 Å². The van der Waals surface area contributed by atoms with Crippen molar-refractivity contribution >= 4 is 11.9 Å². The SMILES string of the molecule is CC(C)c1nc(N2CCN(C(=O)c3ccncc3F)CC2)[nH]c(=O)c1F. The molecule has 0 saturated carbocycles. The van der Waals surface area contributed by atoms with Crippen LogP contribution >= 0.6 is 0 Å². The number of H-pyrrole nitrogens is 1. The molecule has 0 radical (unpaired) electrons. The number of aromatic amines is 1. The summed E-state index contributed by atoms with van der Waals surface area (Å²) in [6.45, 7) is 4.97. The van der Waals surface area contributed by atoms with Gasteiger partial charge in [0, 0.05) is 32.4 Å². The Morgan fingerprint density at radius 3 is 2.54 bits per heavy atom. The summed E-state index contributed by atoms with van der Waals surface area (Å²) < 4.78 is 27.6. The van der Waals surface area contributed by atoms with Crippen molar-refractivity contribution in [2.45, 2.75) is 19.8 Å². The van der Waals surface area contributed by atoms with E-state index >= 15 is 0 Å². The predicted octanol–water partition coefficient (Wildman–Crippen LogP) is 1.53. The van der Waals surface area contributed by atoms with Gasteiger partial charge in [0.15, 0.2) is 5.82 Å².